The molecule has 1 heterocycles. The lowest BCUT2D eigenvalue weighted by Crippen LogP contribution is -2.33. The Balaban J connectivity index is 1.64. The molecule has 6 nitrogen and oxygen atoms in total. The van der Waals surface area contributed by atoms with Gasteiger partial charge in [-0.1, -0.05) is 29.8 Å². The minimum Gasteiger partial charge on any atom is -0.505 e. The number of benzene rings is 3. The van der Waals surface area contributed by atoms with Gasteiger partial charge in [-0.3, -0.25) is 9.78 Å². The van der Waals surface area contributed by atoms with Crippen LogP contribution in [0.4, 0.5) is 10.1 Å². The monoisotopic (exact) mass is 479 g/mol. The molecule has 0 aliphatic carbocycles. The zero-order chi connectivity index (χ0) is 24.2. The number of anilines is 1. The Morgan fingerprint density at radius 3 is 2.71 bits per heavy atom. The Hall–Kier alpha value is -3.84. The molecule has 3 aromatic carbocycles. The van der Waals surface area contributed by atoms with Crippen LogP contribution in [0.25, 0.3) is 10.9 Å². The van der Waals surface area contributed by atoms with Crippen molar-refractivity contribution < 1.29 is 19.0 Å². The number of amides is 1. The van der Waals surface area contributed by atoms with Gasteiger partial charge in [-0.15, -0.1) is 0 Å². The smallest absolute Gasteiger partial charge is 0.258 e. The molecule has 1 unspecified atom stereocenters. The minimum atomic E-state index is -0.885. The van der Waals surface area contributed by atoms with Crippen LogP contribution in [0, 0.1) is 5.82 Å². The van der Waals surface area contributed by atoms with Crippen molar-refractivity contribution in [1.82, 2.24) is 10.3 Å². The van der Waals surface area contributed by atoms with Gasteiger partial charge in [0.2, 0.25) is 0 Å². The highest BCUT2D eigenvalue weighted by molar-refractivity contribution is 6.35. The lowest BCUT2D eigenvalue weighted by molar-refractivity contribution is -0.123. The average molecular weight is 480 g/mol. The fourth-order valence-electron chi connectivity index (χ4n) is 3.66. The van der Waals surface area contributed by atoms with Crippen LogP contribution in [-0.2, 0) is 4.79 Å². The van der Waals surface area contributed by atoms with E-state index in [-0.39, 0.29) is 17.9 Å². The number of phenolic OH excluding ortho intramolecular Hbond substituents is 1. The summed E-state index contributed by atoms with van der Waals surface area (Å²) in [6.07, 6.45) is 1.54. The molecule has 0 saturated carbocycles. The van der Waals surface area contributed by atoms with Gasteiger partial charge in [0.25, 0.3) is 5.91 Å². The van der Waals surface area contributed by atoms with Crippen LogP contribution in [0.15, 0.2) is 72.9 Å². The van der Waals surface area contributed by atoms with Crippen molar-refractivity contribution in [1.29, 1.82) is 0 Å². The maximum Gasteiger partial charge on any atom is 0.258 e. The van der Waals surface area contributed by atoms with Gasteiger partial charge in [0.1, 0.15) is 22.8 Å². The number of ether oxygens (including phenoxy) is 1. The van der Waals surface area contributed by atoms with Crippen molar-refractivity contribution in [3.8, 4) is 11.5 Å². The van der Waals surface area contributed by atoms with E-state index in [9.17, 15) is 14.3 Å². The summed E-state index contributed by atoms with van der Waals surface area (Å²) in [7, 11) is 3.82. The number of phenols is 1. The summed E-state index contributed by atoms with van der Waals surface area (Å²) in [5.74, 6) is -0.544. The molecule has 0 aliphatic heterocycles. The molecule has 0 fully saturated rings. The number of aromatic nitrogens is 1. The molecule has 0 radical (unpaired) electrons. The highest BCUT2D eigenvalue weighted by Gasteiger charge is 2.24. The lowest BCUT2D eigenvalue weighted by atomic mass is 9.96. The fourth-order valence-corrected chi connectivity index (χ4v) is 3.93. The summed E-state index contributed by atoms with van der Waals surface area (Å²) in [5, 5.41) is 14.7. The third-order valence-electron chi connectivity index (χ3n) is 5.35. The first-order valence-corrected chi connectivity index (χ1v) is 10.9. The molecule has 0 saturated heterocycles. The van der Waals surface area contributed by atoms with Gasteiger partial charge < -0.3 is 20.1 Å². The number of rotatable bonds is 7. The lowest BCUT2D eigenvalue weighted by Gasteiger charge is -2.22. The topological polar surface area (TPSA) is 74.7 Å². The normalized spacial score (nSPS) is 11.8. The van der Waals surface area contributed by atoms with Gasteiger partial charge in [-0.05, 0) is 48.0 Å². The van der Waals surface area contributed by atoms with E-state index in [1.54, 1.807) is 30.3 Å². The molecule has 1 atom stereocenters. The molecule has 4 aromatic rings. The van der Waals surface area contributed by atoms with Crippen LogP contribution in [0.2, 0.25) is 5.02 Å². The summed E-state index contributed by atoms with van der Waals surface area (Å²) < 4.78 is 19.7. The van der Waals surface area contributed by atoms with Gasteiger partial charge in [-0.25, -0.2) is 4.39 Å². The number of pyridine rings is 1. The maximum atomic E-state index is 14.0. The van der Waals surface area contributed by atoms with Gasteiger partial charge >= 0.3 is 0 Å². The van der Waals surface area contributed by atoms with Crippen LogP contribution >= 0.6 is 11.6 Å². The number of aromatic hydroxyl groups is 1. The number of nitrogens with zero attached hydrogens (tertiary/aromatic N) is 2. The van der Waals surface area contributed by atoms with Gasteiger partial charge in [0.05, 0.1) is 11.1 Å². The standard InChI is InChI=1S/C26H23ClFN3O3/c1-31(2)18-8-4-9-19(13-18)34-15-23(32)30-24(16-6-3-7-17(28)12-16)21-14-22(27)20-10-5-11-29-25(20)26(21)33/h3-14,24,33H,15H2,1-2H3,(H,30,32). The molecular formula is C26H23ClFN3O3. The van der Waals surface area contributed by atoms with E-state index >= 15 is 0 Å². The summed E-state index contributed by atoms with van der Waals surface area (Å²) in [6.45, 7) is -0.275. The summed E-state index contributed by atoms with van der Waals surface area (Å²) in [6, 6.07) is 17.2. The van der Waals surface area contributed by atoms with E-state index in [0.717, 1.165) is 5.69 Å². The summed E-state index contributed by atoms with van der Waals surface area (Å²) in [5.41, 5.74) is 1.95. The Kier molecular flexibility index (Phi) is 6.84. The number of hydrogen-bond acceptors (Lipinski definition) is 5. The van der Waals surface area contributed by atoms with Crippen molar-refractivity contribution in [3.63, 3.8) is 0 Å². The van der Waals surface area contributed by atoms with Crippen molar-refractivity contribution in [2.75, 3.05) is 25.6 Å². The predicted octanol–water partition coefficient (Wildman–Crippen LogP) is 5.08. The molecule has 0 spiro atoms. The van der Waals surface area contributed by atoms with E-state index in [1.807, 2.05) is 37.2 Å². The fraction of sp³-hybridized carbons (Fsp3) is 0.154. The second kappa shape index (κ2) is 9.97. The van der Waals surface area contributed by atoms with E-state index in [0.29, 0.717) is 27.3 Å². The maximum absolute atomic E-state index is 14.0. The van der Waals surface area contributed by atoms with Gasteiger partial charge in [-0.2, -0.15) is 0 Å². The molecule has 1 amide bonds. The third-order valence-corrected chi connectivity index (χ3v) is 5.66. The number of hydrogen-bond donors (Lipinski definition) is 2. The summed E-state index contributed by atoms with van der Waals surface area (Å²) >= 11 is 6.45. The molecule has 4 rings (SSSR count). The van der Waals surface area contributed by atoms with Crippen LogP contribution in [0.5, 0.6) is 11.5 Å². The van der Waals surface area contributed by atoms with Crippen LogP contribution in [0.3, 0.4) is 0 Å². The van der Waals surface area contributed by atoms with Crippen molar-refractivity contribution in [3.05, 3.63) is 94.9 Å². The SMILES string of the molecule is CN(C)c1cccc(OCC(=O)NC(c2cccc(F)c2)c2cc(Cl)c3cccnc3c2O)c1. The molecule has 174 valence electrons. The first kappa shape index (κ1) is 23.3. The average Bonchev–Trinajstić information content (AvgIpc) is 2.84. The molecular weight excluding hydrogens is 457 g/mol. The number of carbonyl (C=O) groups is 1. The molecule has 2 N–H and O–H groups in total. The van der Waals surface area contributed by atoms with E-state index < -0.39 is 17.8 Å². The number of carbonyl (C=O) groups excluding carboxylic acids is 1. The molecule has 1 aromatic heterocycles. The second-order valence-corrected chi connectivity index (χ2v) is 8.34. The zero-order valence-corrected chi connectivity index (χ0v) is 19.4. The first-order chi connectivity index (χ1) is 16.3. The predicted molar refractivity (Wildman–Crippen MR) is 131 cm³/mol. The first-order valence-electron chi connectivity index (χ1n) is 10.5. The number of nitrogens with one attached hydrogen (secondary N) is 1. The van der Waals surface area contributed by atoms with Crippen LogP contribution in [-0.4, -0.2) is 36.7 Å². The molecule has 0 aliphatic rings. The van der Waals surface area contributed by atoms with Gasteiger partial charge in [0.15, 0.2) is 6.61 Å². The Morgan fingerprint density at radius 1 is 1.15 bits per heavy atom. The largest absolute Gasteiger partial charge is 0.505 e. The van der Waals surface area contributed by atoms with Crippen LogP contribution < -0.4 is 15.0 Å². The molecule has 8 heteroatoms. The quantitative estimate of drug-likeness (QED) is 0.386. The minimum absolute atomic E-state index is 0.144. The van der Waals surface area contributed by atoms with E-state index in [4.69, 9.17) is 16.3 Å². The highest BCUT2D eigenvalue weighted by atomic mass is 35.5. The van der Waals surface area contributed by atoms with Crippen molar-refractivity contribution >= 4 is 34.1 Å². The van der Waals surface area contributed by atoms with Crippen molar-refractivity contribution in [2.24, 2.45) is 0 Å². The number of fused-ring (bicyclic) bond motifs is 1. The number of halogens is 2. The Morgan fingerprint density at radius 2 is 1.94 bits per heavy atom. The third kappa shape index (κ3) is 5.05. The van der Waals surface area contributed by atoms with Crippen LogP contribution in [0.1, 0.15) is 17.2 Å². The zero-order valence-electron chi connectivity index (χ0n) is 18.6. The van der Waals surface area contributed by atoms with E-state index in [2.05, 4.69) is 10.3 Å². The Labute approximate surface area is 201 Å². The van der Waals surface area contributed by atoms with Gasteiger partial charge in [0, 0.05) is 43.0 Å². The van der Waals surface area contributed by atoms with E-state index in [1.165, 1.54) is 24.4 Å². The molecule has 0 bridgehead atoms. The van der Waals surface area contributed by atoms with Crippen molar-refractivity contribution in [2.45, 2.75) is 6.04 Å². The second-order valence-electron chi connectivity index (χ2n) is 7.93. The highest BCUT2D eigenvalue weighted by Crippen LogP contribution is 2.38. The Bertz CT molecular complexity index is 1350. The molecule has 34 heavy (non-hydrogen) atoms. The summed E-state index contributed by atoms with van der Waals surface area (Å²) in [4.78, 5) is 19.0.